The molecule has 0 aliphatic rings. The Hall–Kier alpha value is -3.62. The van der Waals surface area contributed by atoms with Crippen molar-refractivity contribution in [2.24, 2.45) is 0 Å². The summed E-state index contributed by atoms with van der Waals surface area (Å²) in [5.74, 6) is 0.382. The van der Waals surface area contributed by atoms with Gasteiger partial charge in [0.25, 0.3) is 5.91 Å². The molecule has 0 unspecified atom stereocenters. The average Bonchev–Trinajstić information content (AvgIpc) is 3.35. The normalized spacial score (nSPS) is 11.2. The highest BCUT2D eigenvalue weighted by atomic mass is 35.5. The maximum Gasteiger partial charge on any atom is 0.277 e. The van der Waals surface area contributed by atoms with Gasteiger partial charge in [0.1, 0.15) is 12.4 Å². The van der Waals surface area contributed by atoms with Crippen LogP contribution in [-0.2, 0) is 16.4 Å². The smallest absolute Gasteiger partial charge is 0.277 e. The van der Waals surface area contributed by atoms with Crippen molar-refractivity contribution in [2.75, 3.05) is 11.1 Å². The number of carbonyl (C=O) groups is 1. The van der Waals surface area contributed by atoms with Gasteiger partial charge in [-0.15, -0.1) is 0 Å². The predicted molar refractivity (Wildman–Crippen MR) is 130 cm³/mol. The lowest BCUT2D eigenvalue weighted by atomic mass is 10.1. The van der Waals surface area contributed by atoms with Crippen LogP contribution in [-0.4, -0.2) is 25.2 Å². The van der Waals surface area contributed by atoms with E-state index in [4.69, 9.17) is 20.9 Å². The zero-order valence-electron chi connectivity index (χ0n) is 18.2. The quantitative estimate of drug-likeness (QED) is 0.340. The summed E-state index contributed by atoms with van der Waals surface area (Å²) in [5.41, 5.74) is 1.80. The number of ether oxygens (including phenoxy) is 1. The number of benzene rings is 3. The molecule has 1 N–H and O–H groups in total. The molecule has 7 nitrogen and oxygen atoms in total. The first-order valence-corrected chi connectivity index (χ1v) is 12.5. The standard InChI is InChI=1S/C25H21ClN2O5S/c1-2-34(30,31)24-10-6-5-9-21(24)27-25(29)22-15-23(33-28-22)17-11-13-19(14-12-17)32-16-18-7-3-4-8-20(18)26/h3-15H,2,16H2,1H3,(H,27,29). The molecule has 0 fully saturated rings. The molecule has 0 spiro atoms. The van der Waals surface area contributed by atoms with Crippen LogP contribution in [0.4, 0.5) is 5.69 Å². The first-order chi connectivity index (χ1) is 16.4. The number of halogens is 1. The maximum absolute atomic E-state index is 12.7. The van der Waals surface area contributed by atoms with E-state index in [0.717, 1.165) is 5.56 Å². The van der Waals surface area contributed by atoms with Gasteiger partial charge in [-0.3, -0.25) is 4.79 Å². The van der Waals surface area contributed by atoms with Crippen molar-refractivity contribution >= 4 is 33.0 Å². The molecule has 174 valence electrons. The molecule has 0 aliphatic carbocycles. The monoisotopic (exact) mass is 496 g/mol. The molecule has 1 amide bonds. The molecule has 9 heteroatoms. The molecule has 0 bridgehead atoms. The van der Waals surface area contributed by atoms with Crippen LogP contribution in [0, 0.1) is 0 Å². The second kappa shape index (κ2) is 10.1. The van der Waals surface area contributed by atoms with Crippen LogP contribution in [0.3, 0.4) is 0 Å². The average molecular weight is 497 g/mol. The van der Waals surface area contributed by atoms with Gasteiger partial charge in [0.2, 0.25) is 0 Å². The van der Waals surface area contributed by atoms with Crippen molar-refractivity contribution < 1.29 is 22.5 Å². The van der Waals surface area contributed by atoms with Crippen LogP contribution < -0.4 is 10.1 Å². The molecule has 0 atom stereocenters. The van der Waals surface area contributed by atoms with Crippen molar-refractivity contribution in [2.45, 2.75) is 18.4 Å². The van der Waals surface area contributed by atoms with Gasteiger partial charge in [-0.1, -0.05) is 54.0 Å². The van der Waals surface area contributed by atoms with Gasteiger partial charge in [-0.2, -0.15) is 0 Å². The van der Waals surface area contributed by atoms with E-state index in [1.165, 1.54) is 18.2 Å². The fraction of sp³-hybridized carbons (Fsp3) is 0.120. The molecule has 4 aromatic rings. The van der Waals surface area contributed by atoms with Crippen molar-refractivity contribution in [1.82, 2.24) is 5.16 Å². The number of hydrogen-bond acceptors (Lipinski definition) is 6. The zero-order valence-corrected chi connectivity index (χ0v) is 19.8. The van der Waals surface area contributed by atoms with Gasteiger partial charge < -0.3 is 14.6 Å². The van der Waals surface area contributed by atoms with Gasteiger partial charge in [0.15, 0.2) is 21.3 Å². The number of para-hydroxylation sites is 1. The number of carbonyl (C=O) groups excluding carboxylic acids is 1. The number of aromatic nitrogens is 1. The lowest BCUT2D eigenvalue weighted by Crippen LogP contribution is -2.15. The van der Waals surface area contributed by atoms with Gasteiger partial charge in [0.05, 0.1) is 16.3 Å². The minimum absolute atomic E-state index is 0.0257. The molecule has 0 saturated heterocycles. The van der Waals surface area contributed by atoms with Crippen LogP contribution in [0.15, 0.2) is 88.3 Å². The largest absolute Gasteiger partial charge is 0.489 e. The Kier molecular flexibility index (Phi) is 7.00. The van der Waals surface area contributed by atoms with E-state index >= 15 is 0 Å². The van der Waals surface area contributed by atoms with Crippen molar-refractivity contribution in [3.8, 4) is 17.1 Å². The van der Waals surface area contributed by atoms with Crippen LogP contribution >= 0.6 is 11.6 Å². The van der Waals surface area contributed by atoms with E-state index in [2.05, 4.69) is 10.5 Å². The second-order valence-corrected chi connectivity index (χ2v) is 9.99. The van der Waals surface area contributed by atoms with Crippen molar-refractivity contribution in [3.05, 3.63) is 95.1 Å². The Labute approximate surface area is 202 Å². The fourth-order valence-electron chi connectivity index (χ4n) is 3.19. The summed E-state index contributed by atoms with van der Waals surface area (Å²) >= 11 is 6.15. The molecule has 34 heavy (non-hydrogen) atoms. The minimum Gasteiger partial charge on any atom is -0.489 e. The number of rotatable bonds is 8. The summed E-state index contributed by atoms with van der Waals surface area (Å²) in [6, 6.07) is 22.3. The van der Waals surface area contributed by atoms with Gasteiger partial charge in [-0.25, -0.2) is 8.42 Å². The van der Waals surface area contributed by atoms with Crippen molar-refractivity contribution in [3.63, 3.8) is 0 Å². The van der Waals surface area contributed by atoms with E-state index < -0.39 is 15.7 Å². The van der Waals surface area contributed by atoms with Crippen LogP contribution in [0.2, 0.25) is 5.02 Å². The third-order valence-electron chi connectivity index (χ3n) is 5.08. The summed E-state index contributed by atoms with van der Waals surface area (Å²) in [4.78, 5) is 12.7. The Morgan fingerprint density at radius 1 is 1.03 bits per heavy atom. The fourth-order valence-corrected chi connectivity index (χ4v) is 4.43. The number of sulfone groups is 1. The van der Waals surface area contributed by atoms with Crippen LogP contribution in [0.25, 0.3) is 11.3 Å². The van der Waals surface area contributed by atoms with E-state index in [9.17, 15) is 13.2 Å². The molecule has 0 saturated carbocycles. The summed E-state index contributed by atoms with van der Waals surface area (Å²) in [7, 11) is -3.50. The summed E-state index contributed by atoms with van der Waals surface area (Å²) in [5, 5.41) is 7.07. The van der Waals surface area contributed by atoms with E-state index in [1.807, 2.05) is 24.3 Å². The zero-order chi connectivity index (χ0) is 24.1. The highest BCUT2D eigenvalue weighted by Gasteiger charge is 2.20. The molecule has 0 radical (unpaired) electrons. The second-order valence-electron chi connectivity index (χ2n) is 7.33. The Balaban J connectivity index is 1.44. The predicted octanol–water partition coefficient (Wildman–Crippen LogP) is 5.62. The molecule has 4 rings (SSSR count). The van der Waals surface area contributed by atoms with Crippen LogP contribution in [0.5, 0.6) is 5.75 Å². The number of amides is 1. The lowest BCUT2D eigenvalue weighted by Gasteiger charge is -2.09. The van der Waals surface area contributed by atoms with E-state index in [0.29, 0.717) is 28.7 Å². The summed E-state index contributed by atoms with van der Waals surface area (Å²) < 4.78 is 35.7. The molecular formula is C25H21ClN2O5S. The molecule has 3 aromatic carbocycles. The van der Waals surface area contributed by atoms with Crippen LogP contribution in [0.1, 0.15) is 23.0 Å². The molecular weight excluding hydrogens is 476 g/mol. The Morgan fingerprint density at radius 3 is 2.47 bits per heavy atom. The highest BCUT2D eigenvalue weighted by molar-refractivity contribution is 7.91. The molecule has 1 aromatic heterocycles. The first-order valence-electron chi connectivity index (χ1n) is 10.4. The Morgan fingerprint density at radius 2 is 1.74 bits per heavy atom. The number of hydrogen-bond donors (Lipinski definition) is 1. The first kappa shape index (κ1) is 23.5. The van der Waals surface area contributed by atoms with Gasteiger partial charge >= 0.3 is 0 Å². The summed E-state index contributed by atoms with van der Waals surface area (Å²) in [6.45, 7) is 1.88. The Bertz CT molecular complexity index is 1420. The van der Waals surface area contributed by atoms with Gasteiger partial charge in [0, 0.05) is 22.2 Å². The van der Waals surface area contributed by atoms with E-state index in [1.54, 1.807) is 43.3 Å². The highest BCUT2D eigenvalue weighted by Crippen LogP contribution is 2.26. The lowest BCUT2D eigenvalue weighted by molar-refractivity contribution is 0.101. The molecule has 0 aliphatic heterocycles. The van der Waals surface area contributed by atoms with Crippen molar-refractivity contribution in [1.29, 1.82) is 0 Å². The number of anilines is 1. The van der Waals surface area contributed by atoms with Gasteiger partial charge in [-0.05, 0) is 42.5 Å². The number of nitrogens with one attached hydrogen (secondary N) is 1. The third kappa shape index (κ3) is 5.30. The minimum atomic E-state index is -3.50. The topological polar surface area (TPSA) is 98.5 Å². The SMILES string of the molecule is CCS(=O)(=O)c1ccccc1NC(=O)c1cc(-c2ccc(OCc3ccccc3Cl)cc2)on1. The van der Waals surface area contributed by atoms with E-state index in [-0.39, 0.29) is 22.0 Å². The summed E-state index contributed by atoms with van der Waals surface area (Å²) in [6.07, 6.45) is 0. The molecule has 1 heterocycles. The number of nitrogens with zero attached hydrogens (tertiary/aromatic N) is 1. The third-order valence-corrected chi connectivity index (χ3v) is 7.24. The maximum atomic E-state index is 12.7.